The molecule has 10 heteroatoms. The molecule has 0 fully saturated rings. The number of aromatic hydroxyl groups is 1. The number of non-ortho nitro benzene ring substituents is 1. The Kier molecular flexibility index (Phi) is 6.20. The van der Waals surface area contributed by atoms with E-state index in [1.165, 1.54) is 54.6 Å². The number of esters is 1. The first kappa shape index (κ1) is 21.1. The van der Waals surface area contributed by atoms with Crippen LogP contribution >= 0.6 is 23.2 Å². The van der Waals surface area contributed by atoms with E-state index in [0.717, 1.165) is 6.07 Å². The highest BCUT2D eigenvalue weighted by Gasteiger charge is 2.19. The van der Waals surface area contributed by atoms with Crippen molar-refractivity contribution < 1.29 is 24.4 Å². The van der Waals surface area contributed by atoms with Gasteiger partial charge in [0.25, 0.3) is 11.6 Å². The van der Waals surface area contributed by atoms with E-state index in [2.05, 4.69) is 5.32 Å². The molecule has 3 aromatic carbocycles. The number of nitrogens with one attached hydrogen (secondary N) is 1. The highest BCUT2D eigenvalue weighted by atomic mass is 35.5. The minimum Gasteiger partial charge on any atom is -0.508 e. The van der Waals surface area contributed by atoms with Crippen LogP contribution in [0.2, 0.25) is 10.0 Å². The number of halogens is 2. The second-order valence-electron chi connectivity index (χ2n) is 5.95. The molecule has 8 nitrogen and oxygen atoms in total. The molecule has 0 bridgehead atoms. The van der Waals surface area contributed by atoms with Crippen LogP contribution in [-0.2, 0) is 0 Å². The number of phenolic OH excluding ortho intramolecular Hbond substituents is 1. The van der Waals surface area contributed by atoms with Gasteiger partial charge in [-0.05, 0) is 48.5 Å². The molecule has 0 saturated carbocycles. The van der Waals surface area contributed by atoms with Crippen LogP contribution in [-0.4, -0.2) is 21.9 Å². The molecule has 0 saturated heterocycles. The molecule has 0 radical (unpaired) electrons. The number of hydrogen-bond acceptors (Lipinski definition) is 6. The van der Waals surface area contributed by atoms with Gasteiger partial charge in [0.2, 0.25) is 0 Å². The number of rotatable bonds is 5. The molecule has 3 rings (SSSR count). The van der Waals surface area contributed by atoms with Crippen molar-refractivity contribution in [3.05, 3.63) is 92.0 Å². The third-order valence-corrected chi connectivity index (χ3v) is 4.45. The number of ether oxygens (including phenoxy) is 1. The zero-order valence-electron chi connectivity index (χ0n) is 15.0. The Balaban J connectivity index is 1.86. The Hall–Kier alpha value is -3.62. The first-order valence-electron chi connectivity index (χ1n) is 8.30. The topological polar surface area (TPSA) is 119 Å². The summed E-state index contributed by atoms with van der Waals surface area (Å²) in [5, 5.41) is 22.8. The zero-order chi connectivity index (χ0) is 21.8. The lowest BCUT2D eigenvalue weighted by atomic mass is 10.1. The predicted molar refractivity (Wildman–Crippen MR) is 111 cm³/mol. The molecular weight excluding hydrogens is 435 g/mol. The number of hydrogen-bond donors (Lipinski definition) is 2. The molecule has 0 aliphatic heterocycles. The van der Waals surface area contributed by atoms with Crippen molar-refractivity contribution in [2.75, 3.05) is 5.32 Å². The number of phenols is 1. The Bertz CT molecular complexity index is 1150. The van der Waals surface area contributed by atoms with E-state index in [4.69, 9.17) is 27.9 Å². The largest absolute Gasteiger partial charge is 0.508 e. The lowest BCUT2D eigenvalue weighted by Gasteiger charge is -2.12. The fourth-order valence-corrected chi connectivity index (χ4v) is 2.83. The maximum Gasteiger partial charge on any atom is 0.343 e. The van der Waals surface area contributed by atoms with Crippen LogP contribution in [0.25, 0.3) is 0 Å². The summed E-state index contributed by atoms with van der Waals surface area (Å²) in [4.78, 5) is 35.3. The number of anilines is 1. The first-order chi connectivity index (χ1) is 14.2. The fourth-order valence-electron chi connectivity index (χ4n) is 2.43. The summed E-state index contributed by atoms with van der Waals surface area (Å²) in [5.41, 5.74) is 0.00361. The van der Waals surface area contributed by atoms with Gasteiger partial charge >= 0.3 is 5.97 Å². The van der Waals surface area contributed by atoms with E-state index in [0.29, 0.717) is 0 Å². The molecule has 2 N–H and O–H groups in total. The average molecular weight is 447 g/mol. The van der Waals surface area contributed by atoms with Gasteiger partial charge < -0.3 is 15.2 Å². The minimum absolute atomic E-state index is 0.0157. The number of nitro benzene ring substituents is 1. The van der Waals surface area contributed by atoms with Gasteiger partial charge in [-0.1, -0.05) is 23.2 Å². The number of amides is 1. The normalized spacial score (nSPS) is 10.3. The molecule has 0 aliphatic carbocycles. The first-order valence-corrected chi connectivity index (χ1v) is 9.06. The summed E-state index contributed by atoms with van der Waals surface area (Å²) in [5.74, 6) is -1.52. The van der Waals surface area contributed by atoms with Crippen LogP contribution in [0.1, 0.15) is 20.7 Å². The van der Waals surface area contributed by atoms with Crippen molar-refractivity contribution in [3.8, 4) is 11.5 Å². The van der Waals surface area contributed by atoms with Gasteiger partial charge in [0.15, 0.2) is 0 Å². The zero-order valence-corrected chi connectivity index (χ0v) is 16.5. The standard InChI is InChI=1S/C20H12Cl2N2O6/c21-12-3-8-18(30-20(27)11-1-5-14(25)6-2-11)15(9-12)19(26)23-17-7-4-13(24(28)29)10-16(17)22/h1-10,25H,(H,23,26). The molecule has 0 atom stereocenters. The van der Waals surface area contributed by atoms with Gasteiger partial charge in [-0.3, -0.25) is 14.9 Å². The van der Waals surface area contributed by atoms with Crippen molar-refractivity contribution in [1.29, 1.82) is 0 Å². The highest BCUT2D eigenvalue weighted by Crippen LogP contribution is 2.29. The van der Waals surface area contributed by atoms with Gasteiger partial charge in [0, 0.05) is 17.2 Å². The summed E-state index contributed by atoms with van der Waals surface area (Å²) >= 11 is 12.0. The maximum absolute atomic E-state index is 12.7. The van der Waals surface area contributed by atoms with Crippen molar-refractivity contribution in [1.82, 2.24) is 0 Å². The quantitative estimate of drug-likeness (QED) is 0.244. The average Bonchev–Trinajstić information content (AvgIpc) is 2.71. The smallest absolute Gasteiger partial charge is 0.343 e. The maximum atomic E-state index is 12.7. The number of nitro groups is 1. The molecule has 3 aromatic rings. The Labute approximate surface area is 179 Å². The molecule has 152 valence electrons. The summed E-state index contributed by atoms with van der Waals surface area (Å²) in [6.45, 7) is 0. The fraction of sp³-hybridized carbons (Fsp3) is 0. The molecule has 0 aromatic heterocycles. The summed E-state index contributed by atoms with van der Waals surface area (Å²) < 4.78 is 5.30. The Morgan fingerprint density at radius 3 is 2.33 bits per heavy atom. The molecule has 30 heavy (non-hydrogen) atoms. The van der Waals surface area contributed by atoms with Crippen LogP contribution in [0.15, 0.2) is 60.7 Å². The lowest BCUT2D eigenvalue weighted by molar-refractivity contribution is -0.384. The van der Waals surface area contributed by atoms with Crippen LogP contribution in [0.4, 0.5) is 11.4 Å². The summed E-state index contributed by atoms with van der Waals surface area (Å²) in [7, 11) is 0. The van der Waals surface area contributed by atoms with E-state index in [1.54, 1.807) is 0 Å². The lowest BCUT2D eigenvalue weighted by Crippen LogP contribution is -2.16. The Morgan fingerprint density at radius 2 is 1.70 bits per heavy atom. The Morgan fingerprint density at radius 1 is 1.00 bits per heavy atom. The van der Waals surface area contributed by atoms with Crippen LogP contribution < -0.4 is 10.1 Å². The SMILES string of the molecule is O=C(Oc1ccc(Cl)cc1C(=O)Nc1ccc([N+](=O)[O-])cc1Cl)c1ccc(O)cc1. The summed E-state index contributed by atoms with van der Waals surface area (Å²) in [6.07, 6.45) is 0. The van der Waals surface area contributed by atoms with Gasteiger partial charge in [0.05, 0.1) is 26.8 Å². The van der Waals surface area contributed by atoms with E-state index >= 15 is 0 Å². The molecule has 0 spiro atoms. The second-order valence-corrected chi connectivity index (χ2v) is 6.80. The minimum atomic E-state index is -0.750. The second kappa shape index (κ2) is 8.81. The number of nitrogens with zero attached hydrogens (tertiary/aromatic N) is 1. The van der Waals surface area contributed by atoms with Crippen molar-refractivity contribution in [2.24, 2.45) is 0 Å². The number of benzene rings is 3. The van der Waals surface area contributed by atoms with Crippen LogP contribution in [0.3, 0.4) is 0 Å². The molecule has 0 unspecified atom stereocenters. The van der Waals surface area contributed by atoms with Crippen LogP contribution in [0.5, 0.6) is 11.5 Å². The number of carbonyl (C=O) groups excluding carboxylic acids is 2. The van der Waals surface area contributed by atoms with Gasteiger partial charge in [-0.2, -0.15) is 0 Å². The van der Waals surface area contributed by atoms with Crippen molar-refractivity contribution in [3.63, 3.8) is 0 Å². The third-order valence-electron chi connectivity index (χ3n) is 3.90. The van der Waals surface area contributed by atoms with E-state index in [9.17, 15) is 24.8 Å². The molecular formula is C20H12Cl2N2O6. The summed E-state index contributed by atoms with van der Waals surface area (Å²) in [6, 6.07) is 13.0. The third kappa shape index (κ3) is 4.86. The van der Waals surface area contributed by atoms with E-state index in [-0.39, 0.29) is 44.0 Å². The predicted octanol–water partition coefficient (Wildman–Crippen LogP) is 5.08. The monoisotopic (exact) mass is 446 g/mol. The van der Waals surface area contributed by atoms with Crippen molar-refractivity contribution >= 4 is 46.5 Å². The molecule has 1 amide bonds. The number of carbonyl (C=O) groups is 2. The van der Waals surface area contributed by atoms with Gasteiger partial charge in [0.1, 0.15) is 11.5 Å². The highest BCUT2D eigenvalue weighted by molar-refractivity contribution is 6.34. The van der Waals surface area contributed by atoms with Gasteiger partial charge in [-0.25, -0.2) is 4.79 Å². The molecule has 0 aliphatic rings. The van der Waals surface area contributed by atoms with Crippen molar-refractivity contribution in [2.45, 2.75) is 0 Å². The van der Waals surface area contributed by atoms with Gasteiger partial charge in [-0.15, -0.1) is 0 Å². The van der Waals surface area contributed by atoms with Crippen LogP contribution in [0, 0.1) is 10.1 Å². The molecule has 0 heterocycles. The van der Waals surface area contributed by atoms with E-state index < -0.39 is 16.8 Å². The van der Waals surface area contributed by atoms with E-state index in [1.807, 2.05) is 0 Å².